The number of rotatable bonds is 7. The highest BCUT2D eigenvalue weighted by Gasteiger charge is 2.45. The van der Waals surface area contributed by atoms with Crippen molar-refractivity contribution in [2.75, 3.05) is 23.7 Å². The first-order chi connectivity index (χ1) is 18.3. The molecule has 2 aliphatic heterocycles. The summed E-state index contributed by atoms with van der Waals surface area (Å²) in [7, 11) is 0. The van der Waals surface area contributed by atoms with Crippen molar-refractivity contribution in [1.82, 2.24) is 20.4 Å². The lowest BCUT2D eigenvalue weighted by molar-refractivity contribution is -0.115. The van der Waals surface area contributed by atoms with Gasteiger partial charge < -0.3 is 26.0 Å². The van der Waals surface area contributed by atoms with E-state index >= 15 is 0 Å². The number of amides is 1. The van der Waals surface area contributed by atoms with E-state index in [1.807, 2.05) is 50.3 Å². The smallest absolute Gasteiger partial charge is 0.224 e. The standard InChI is InChI=1S/C28H35N7O2S/c1-4-26(36)29-21-10-12-22(13-11-21)38-27-31-23(30-24-14-19(3)33-34-24)15-25(32-27)35-16-28(37,17-35)20-7-5-6-18(2)8-9-20/h5,7,9-15,18,23,37H,4,6,8,16-17H2,1-3H3,(H,29,36)(H,31,32)(H2,30,33,34). The molecular formula is C28H35N7O2S. The van der Waals surface area contributed by atoms with Crippen molar-refractivity contribution in [2.45, 2.75) is 56.7 Å². The third-order valence-electron chi connectivity index (χ3n) is 6.84. The molecule has 2 aromatic rings. The van der Waals surface area contributed by atoms with Crippen LogP contribution in [0.25, 0.3) is 0 Å². The lowest BCUT2D eigenvalue weighted by Gasteiger charge is -2.50. The predicted octanol–water partition coefficient (Wildman–Crippen LogP) is 4.36. The molecule has 200 valence electrons. The maximum Gasteiger partial charge on any atom is 0.224 e. The Labute approximate surface area is 227 Å². The van der Waals surface area contributed by atoms with E-state index in [1.165, 1.54) is 11.8 Å². The number of likely N-dealkylation sites (tertiary alicyclic amines) is 1. The zero-order valence-corrected chi connectivity index (χ0v) is 22.8. The number of aromatic nitrogens is 2. The number of β-amino-alcohol motifs (C(OH)–C–C–N with tert-alkyl or cyclic N) is 1. The molecule has 38 heavy (non-hydrogen) atoms. The van der Waals surface area contributed by atoms with E-state index in [2.05, 4.69) is 56.2 Å². The van der Waals surface area contributed by atoms with Crippen LogP contribution in [0.4, 0.5) is 11.5 Å². The summed E-state index contributed by atoms with van der Waals surface area (Å²) in [6.07, 6.45) is 10.6. The minimum Gasteiger partial charge on any atom is -0.381 e. The summed E-state index contributed by atoms with van der Waals surface area (Å²) in [5.41, 5.74) is 1.89. The van der Waals surface area contributed by atoms with E-state index < -0.39 is 5.60 Å². The van der Waals surface area contributed by atoms with E-state index in [9.17, 15) is 9.90 Å². The number of nitrogens with one attached hydrogen (secondary N) is 4. The molecule has 0 saturated carbocycles. The quantitative estimate of drug-likeness (QED) is 0.359. The Bertz CT molecular complexity index is 1290. The third-order valence-corrected chi connectivity index (χ3v) is 7.75. The Morgan fingerprint density at radius 1 is 1.26 bits per heavy atom. The van der Waals surface area contributed by atoms with Crippen LogP contribution >= 0.6 is 11.8 Å². The first kappa shape index (κ1) is 26.1. The van der Waals surface area contributed by atoms with E-state index in [4.69, 9.17) is 4.99 Å². The molecule has 1 aliphatic carbocycles. The molecule has 1 saturated heterocycles. The average molecular weight is 534 g/mol. The number of carbonyl (C=O) groups excluding carboxylic acids is 1. The van der Waals surface area contributed by atoms with Crippen LogP contribution in [0.5, 0.6) is 0 Å². The van der Waals surface area contributed by atoms with Crippen LogP contribution < -0.4 is 16.0 Å². The molecule has 3 aliphatic rings. The Hall–Kier alpha value is -3.50. The van der Waals surface area contributed by atoms with Crippen molar-refractivity contribution in [3.8, 4) is 0 Å². The van der Waals surface area contributed by atoms with Crippen molar-refractivity contribution >= 4 is 34.3 Å². The van der Waals surface area contributed by atoms with Gasteiger partial charge in [0.1, 0.15) is 23.4 Å². The van der Waals surface area contributed by atoms with Crippen molar-refractivity contribution in [1.29, 1.82) is 0 Å². The number of benzene rings is 1. The van der Waals surface area contributed by atoms with Gasteiger partial charge in [0.05, 0.1) is 13.1 Å². The number of carbonyl (C=O) groups is 1. The lowest BCUT2D eigenvalue weighted by atomic mass is 9.85. The molecule has 0 radical (unpaired) electrons. The van der Waals surface area contributed by atoms with Crippen molar-refractivity contribution in [2.24, 2.45) is 10.9 Å². The van der Waals surface area contributed by atoms with Crippen molar-refractivity contribution in [3.05, 3.63) is 71.7 Å². The van der Waals surface area contributed by atoms with Gasteiger partial charge in [-0.15, -0.1) is 0 Å². The van der Waals surface area contributed by atoms with Gasteiger partial charge in [0.25, 0.3) is 0 Å². The fourth-order valence-corrected chi connectivity index (χ4v) is 5.44. The SMILES string of the molecule is CCC(=O)Nc1ccc(SC2=NC(Nc3cc(C)[nH]n3)C=C(N3CC(O)(C4=CCC(C)CC=C4)C3)N2)cc1. The Balaban J connectivity index is 1.30. The molecule has 5 N–H and O–H groups in total. The number of aliphatic hydroxyl groups is 1. The second-order valence-electron chi connectivity index (χ2n) is 10.2. The van der Waals surface area contributed by atoms with Gasteiger partial charge in [0.2, 0.25) is 5.91 Å². The van der Waals surface area contributed by atoms with E-state index in [0.29, 0.717) is 25.4 Å². The zero-order chi connectivity index (χ0) is 26.7. The number of anilines is 2. The fraction of sp³-hybridized carbons (Fsp3) is 0.393. The third kappa shape index (κ3) is 6.14. The number of hydrogen-bond acceptors (Lipinski definition) is 8. The van der Waals surface area contributed by atoms with Gasteiger partial charge in [-0.25, -0.2) is 4.99 Å². The van der Waals surface area contributed by atoms with Gasteiger partial charge in [-0.1, -0.05) is 43.8 Å². The summed E-state index contributed by atoms with van der Waals surface area (Å²) >= 11 is 1.51. The molecular weight excluding hydrogens is 498 g/mol. The first-order valence-corrected chi connectivity index (χ1v) is 13.9. The minimum absolute atomic E-state index is 0.0138. The predicted molar refractivity (Wildman–Crippen MR) is 153 cm³/mol. The van der Waals surface area contributed by atoms with Crippen LogP contribution in [0.15, 0.2) is 75.9 Å². The van der Waals surface area contributed by atoms with Crippen LogP contribution in [0.3, 0.4) is 0 Å². The zero-order valence-electron chi connectivity index (χ0n) is 22.0. The summed E-state index contributed by atoms with van der Waals surface area (Å²) in [4.78, 5) is 19.7. The van der Waals surface area contributed by atoms with E-state index in [1.54, 1.807) is 0 Å². The number of H-pyrrole nitrogens is 1. The topological polar surface area (TPSA) is 118 Å². The molecule has 0 spiro atoms. The number of aryl methyl sites for hydroxylation is 1. The van der Waals surface area contributed by atoms with Crippen LogP contribution in [0.1, 0.15) is 38.8 Å². The molecule has 2 atom stereocenters. The molecule has 1 fully saturated rings. The number of allylic oxidation sites excluding steroid dienone is 2. The normalized spacial score (nSPS) is 22.3. The number of aliphatic imine (C=N–C) groups is 1. The second kappa shape index (κ2) is 11.1. The van der Waals surface area contributed by atoms with Crippen LogP contribution in [0.2, 0.25) is 0 Å². The Morgan fingerprint density at radius 2 is 2.05 bits per heavy atom. The maximum absolute atomic E-state index is 11.7. The summed E-state index contributed by atoms with van der Waals surface area (Å²) in [5.74, 6) is 2.20. The Morgan fingerprint density at radius 3 is 2.76 bits per heavy atom. The molecule has 0 bridgehead atoms. The Kier molecular flexibility index (Phi) is 7.62. The number of nitrogens with zero attached hydrogens (tertiary/aromatic N) is 3. The first-order valence-electron chi connectivity index (χ1n) is 13.1. The van der Waals surface area contributed by atoms with Crippen LogP contribution in [-0.4, -0.2) is 56.1 Å². The molecule has 5 rings (SSSR count). The summed E-state index contributed by atoms with van der Waals surface area (Å²) in [5, 5.41) is 29.0. The molecule has 2 unspecified atom stereocenters. The van der Waals surface area contributed by atoms with Crippen molar-refractivity contribution < 1.29 is 9.90 Å². The number of amidine groups is 1. The van der Waals surface area contributed by atoms with Gasteiger partial charge in [-0.05, 0) is 55.5 Å². The lowest BCUT2D eigenvalue weighted by Crippen LogP contribution is -2.63. The summed E-state index contributed by atoms with van der Waals surface area (Å²) in [6.45, 7) is 7.04. The highest BCUT2D eigenvalue weighted by molar-refractivity contribution is 8.13. The molecule has 1 aromatic heterocycles. The summed E-state index contributed by atoms with van der Waals surface area (Å²) < 4.78 is 0. The van der Waals surface area contributed by atoms with Crippen LogP contribution in [-0.2, 0) is 4.79 Å². The molecule has 3 heterocycles. The van der Waals surface area contributed by atoms with Crippen molar-refractivity contribution in [3.63, 3.8) is 0 Å². The monoisotopic (exact) mass is 533 g/mol. The van der Waals surface area contributed by atoms with E-state index in [0.717, 1.165) is 51.5 Å². The number of thioether (sulfide) groups is 1. The number of aromatic amines is 1. The molecule has 1 amide bonds. The highest BCUT2D eigenvalue weighted by atomic mass is 32.2. The van der Waals surface area contributed by atoms with Crippen LogP contribution in [0, 0.1) is 12.8 Å². The van der Waals surface area contributed by atoms with Gasteiger partial charge in [0, 0.05) is 34.8 Å². The maximum atomic E-state index is 11.7. The second-order valence-corrected chi connectivity index (χ2v) is 11.3. The molecule has 1 aromatic carbocycles. The van der Waals surface area contributed by atoms with Gasteiger partial charge in [-0.3, -0.25) is 9.89 Å². The molecule has 10 heteroatoms. The molecule has 9 nitrogen and oxygen atoms in total. The summed E-state index contributed by atoms with van der Waals surface area (Å²) in [6, 6.07) is 9.65. The average Bonchev–Trinajstić information content (AvgIpc) is 3.15. The van der Waals surface area contributed by atoms with Gasteiger partial charge in [0.15, 0.2) is 5.17 Å². The largest absolute Gasteiger partial charge is 0.381 e. The fourth-order valence-electron chi connectivity index (χ4n) is 4.62. The number of hydrogen-bond donors (Lipinski definition) is 5. The minimum atomic E-state index is -0.855. The van der Waals surface area contributed by atoms with E-state index in [-0.39, 0.29) is 12.1 Å². The van der Waals surface area contributed by atoms with Gasteiger partial charge in [-0.2, -0.15) is 5.10 Å². The highest BCUT2D eigenvalue weighted by Crippen LogP contribution is 2.35. The van der Waals surface area contributed by atoms with Gasteiger partial charge >= 0.3 is 0 Å².